The predicted molar refractivity (Wildman–Crippen MR) is 52.0 cm³/mol. The van der Waals surface area contributed by atoms with E-state index in [-0.39, 0.29) is 23.9 Å². The molecule has 0 unspecified atom stereocenters. The minimum Gasteiger partial charge on any atom is -0.478 e. The molecule has 5 heteroatoms. The Bertz CT molecular complexity index is 316. The lowest BCUT2D eigenvalue weighted by Crippen LogP contribution is -2.40. The van der Waals surface area contributed by atoms with E-state index in [4.69, 9.17) is 5.11 Å². The van der Waals surface area contributed by atoms with Crippen LogP contribution in [0.4, 0.5) is 0 Å². The van der Waals surface area contributed by atoms with Crippen molar-refractivity contribution in [3.63, 3.8) is 0 Å². The molecule has 1 fully saturated rings. The largest absolute Gasteiger partial charge is 0.478 e. The molecule has 82 valence electrons. The van der Waals surface area contributed by atoms with Crippen molar-refractivity contribution in [1.29, 1.82) is 0 Å². The molecule has 1 aliphatic heterocycles. The molecule has 1 aliphatic rings. The van der Waals surface area contributed by atoms with E-state index in [0.717, 1.165) is 4.90 Å². The Morgan fingerprint density at radius 1 is 1.40 bits per heavy atom. The summed E-state index contributed by atoms with van der Waals surface area (Å²) in [5.74, 6) is -1.48. The number of hydrogen-bond acceptors (Lipinski definition) is 3. The smallest absolute Gasteiger partial charge is 0.331 e. The summed E-state index contributed by atoms with van der Waals surface area (Å²) in [7, 11) is 0. The van der Waals surface area contributed by atoms with Crippen molar-refractivity contribution < 1.29 is 19.5 Å². The third-order valence-corrected chi connectivity index (χ3v) is 2.30. The zero-order chi connectivity index (χ0) is 11.4. The number of nitrogens with zero attached hydrogens (tertiary/aromatic N) is 1. The molecule has 1 N–H and O–H groups in total. The zero-order valence-electron chi connectivity index (χ0n) is 8.52. The lowest BCUT2D eigenvalue weighted by molar-refractivity contribution is -0.147. The van der Waals surface area contributed by atoms with E-state index in [1.54, 1.807) is 0 Å². The first-order valence-electron chi connectivity index (χ1n) is 4.75. The molecule has 0 saturated carbocycles. The molecule has 0 bridgehead atoms. The molecule has 1 rings (SSSR count). The monoisotopic (exact) mass is 211 g/mol. The third kappa shape index (κ3) is 2.90. The summed E-state index contributed by atoms with van der Waals surface area (Å²) < 4.78 is 0. The van der Waals surface area contributed by atoms with Crippen LogP contribution in [0.15, 0.2) is 11.6 Å². The summed E-state index contributed by atoms with van der Waals surface area (Å²) in [6.45, 7) is 1.50. The maximum atomic E-state index is 11.3. The van der Waals surface area contributed by atoms with Gasteiger partial charge in [0, 0.05) is 25.0 Å². The molecule has 5 nitrogen and oxygen atoms in total. The van der Waals surface area contributed by atoms with E-state index in [0.29, 0.717) is 19.3 Å². The molecule has 1 heterocycles. The van der Waals surface area contributed by atoms with Gasteiger partial charge in [-0.1, -0.05) is 6.08 Å². The Morgan fingerprint density at radius 2 is 1.93 bits per heavy atom. The van der Waals surface area contributed by atoms with Crippen molar-refractivity contribution in [3.05, 3.63) is 11.6 Å². The van der Waals surface area contributed by atoms with E-state index in [1.165, 1.54) is 13.0 Å². The lowest BCUT2D eigenvalue weighted by Gasteiger charge is -2.23. The number of carboxylic acid groups (broad SMARTS) is 1. The molecular formula is C10H13NO4. The molecule has 0 spiro atoms. The van der Waals surface area contributed by atoms with Crippen LogP contribution >= 0.6 is 0 Å². The van der Waals surface area contributed by atoms with Crippen LogP contribution in [-0.4, -0.2) is 34.3 Å². The maximum Gasteiger partial charge on any atom is 0.331 e. The highest BCUT2D eigenvalue weighted by molar-refractivity contribution is 5.97. The molecular weight excluding hydrogens is 198 g/mol. The van der Waals surface area contributed by atoms with E-state index in [1.807, 2.05) is 0 Å². The minimum atomic E-state index is -1.04. The van der Waals surface area contributed by atoms with Crippen LogP contribution in [0.1, 0.15) is 26.2 Å². The van der Waals surface area contributed by atoms with Crippen LogP contribution in [0.25, 0.3) is 0 Å². The van der Waals surface area contributed by atoms with Crippen molar-refractivity contribution in [2.24, 2.45) is 0 Å². The van der Waals surface area contributed by atoms with Gasteiger partial charge >= 0.3 is 5.97 Å². The number of likely N-dealkylation sites (tertiary alicyclic amines) is 1. The van der Waals surface area contributed by atoms with Gasteiger partial charge in [0.15, 0.2) is 0 Å². The van der Waals surface area contributed by atoms with E-state index in [9.17, 15) is 14.4 Å². The standard InChI is InChI=1S/C10H13NO4/c1-7(10(14)15)5-6-11-8(12)3-2-4-9(11)13/h5H,2-4,6H2,1H3,(H,14,15). The van der Waals surface area contributed by atoms with Gasteiger partial charge in [-0.25, -0.2) is 4.79 Å². The molecule has 0 aliphatic carbocycles. The number of rotatable bonds is 3. The number of carbonyl (C=O) groups is 3. The Balaban J connectivity index is 2.64. The van der Waals surface area contributed by atoms with Crippen LogP contribution in [0.2, 0.25) is 0 Å². The number of carbonyl (C=O) groups excluding carboxylic acids is 2. The highest BCUT2D eigenvalue weighted by atomic mass is 16.4. The van der Waals surface area contributed by atoms with Gasteiger partial charge in [0.05, 0.1) is 0 Å². The number of aliphatic carboxylic acids is 1. The highest BCUT2D eigenvalue weighted by Gasteiger charge is 2.24. The van der Waals surface area contributed by atoms with Gasteiger partial charge in [-0.05, 0) is 13.3 Å². The van der Waals surface area contributed by atoms with Gasteiger partial charge in [-0.3, -0.25) is 14.5 Å². The summed E-state index contributed by atoms with van der Waals surface area (Å²) in [5.41, 5.74) is 0.140. The van der Waals surface area contributed by atoms with Crippen LogP contribution in [0.5, 0.6) is 0 Å². The summed E-state index contributed by atoms with van der Waals surface area (Å²) in [6.07, 6.45) is 2.71. The van der Waals surface area contributed by atoms with Crippen LogP contribution in [0, 0.1) is 0 Å². The predicted octanol–water partition coefficient (Wildman–Crippen LogP) is 0.556. The molecule has 0 aromatic carbocycles. The Labute approximate surface area is 87.4 Å². The van der Waals surface area contributed by atoms with Crippen LogP contribution in [0.3, 0.4) is 0 Å². The first-order chi connectivity index (χ1) is 7.02. The Morgan fingerprint density at radius 3 is 2.40 bits per heavy atom. The topological polar surface area (TPSA) is 74.7 Å². The Kier molecular flexibility index (Phi) is 3.60. The van der Waals surface area contributed by atoms with Gasteiger partial charge < -0.3 is 5.11 Å². The van der Waals surface area contributed by atoms with E-state index < -0.39 is 5.97 Å². The normalized spacial score (nSPS) is 18.2. The summed E-state index contributed by atoms with van der Waals surface area (Å²) in [4.78, 5) is 34.2. The number of piperidine rings is 1. The number of amides is 2. The van der Waals surface area contributed by atoms with Crippen LogP contribution in [-0.2, 0) is 14.4 Å². The van der Waals surface area contributed by atoms with Gasteiger partial charge in [0.2, 0.25) is 11.8 Å². The quantitative estimate of drug-likeness (QED) is 0.546. The van der Waals surface area contributed by atoms with Crippen molar-refractivity contribution in [1.82, 2.24) is 4.90 Å². The lowest BCUT2D eigenvalue weighted by atomic mass is 10.1. The average molecular weight is 211 g/mol. The molecule has 2 amide bonds. The third-order valence-electron chi connectivity index (χ3n) is 2.30. The first-order valence-corrected chi connectivity index (χ1v) is 4.75. The van der Waals surface area contributed by atoms with Crippen molar-refractivity contribution >= 4 is 17.8 Å². The second kappa shape index (κ2) is 4.72. The van der Waals surface area contributed by atoms with Gasteiger partial charge in [-0.2, -0.15) is 0 Å². The van der Waals surface area contributed by atoms with Crippen molar-refractivity contribution in [2.75, 3.05) is 6.54 Å². The molecule has 0 aromatic heterocycles. The number of imide groups is 1. The van der Waals surface area contributed by atoms with Gasteiger partial charge in [0.25, 0.3) is 0 Å². The molecule has 0 aromatic rings. The fourth-order valence-corrected chi connectivity index (χ4v) is 1.32. The van der Waals surface area contributed by atoms with Crippen molar-refractivity contribution in [3.8, 4) is 0 Å². The van der Waals surface area contributed by atoms with Crippen molar-refractivity contribution in [2.45, 2.75) is 26.2 Å². The fourth-order valence-electron chi connectivity index (χ4n) is 1.32. The number of hydrogen-bond donors (Lipinski definition) is 1. The van der Waals surface area contributed by atoms with E-state index in [2.05, 4.69) is 0 Å². The van der Waals surface area contributed by atoms with Gasteiger partial charge in [-0.15, -0.1) is 0 Å². The highest BCUT2D eigenvalue weighted by Crippen LogP contribution is 2.12. The van der Waals surface area contributed by atoms with E-state index >= 15 is 0 Å². The van der Waals surface area contributed by atoms with Gasteiger partial charge in [0.1, 0.15) is 0 Å². The molecule has 1 saturated heterocycles. The second-order valence-electron chi connectivity index (χ2n) is 3.44. The first kappa shape index (κ1) is 11.4. The molecule has 15 heavy (non-hydrogen) atoms. The SMILES string of the molecule is CC(=CCN1C(=O)CCCC1=O)C(=O)O. The summed E-state index contributed by atoms with van der Waals surface area (Å²) >= 11 is 0. The minimum absolute atomic E-state index is 0.0653. The molecule has 0 radical (unpaired) electrons. The summed E-state index contributed by atoms with van der Waals surface area (Å²) in [5, 5.41) is 8.59. The summed E-state index contributed by atoms with van der Waals surface area (Å²) in [6, 6.07) is 0. The number of carboxylic acids is 1. The zero-order valence-corrected chi connectivity index (χ0v) is 8.52. The average Bonchev–Trinajstić information content (AvgIpc) is 2.16. The molecule has 0 atom stereocenters. The second-order valence-corrected chi connectivity index (χ2v) is 3.44. The maximum absolute atomic E-state index is 11.3. The Hall–Kier alpha value is -1.65. The van der Waals surface area contributed by atoms with Crippen LogP contribution < -0.4 is 0 Å². The fraction of sp³-hybridized carbons (Fsp3) is 0.500.